The molecule has 16 nitrogen and oxygen atoms in total. The number of terminal acetylenes is 1. The molecule has 0 aliphatic heterocycles. The minimum Gasteiger partial charge on any atom is -0.480 e. The van der Waals surface area contributed by atoms with Crippen molar-refractivity contribution in [2.75, 3.05) is 27.7 Å². The van der Waals surface area contributed by atoms with Gasteiger partial charge in [0.05, 0.1) is 12.1 Å². The summed E-state index contributed by atoms with van der Waals surface area (Å²) in [6.07, 6.45) is 7.41. The Morgan fingerprint density at radius 3 is 2.01 bits per heavy atom. The zero-order valence-corrected chi connectivity index (χ0v) is 45.4. The topological polar surface area (TPSA) is 215 Å². The minimum absolute atomic E-state index is 0.0561. The van der Waals surface area contributed by atoms with Crippen LogP contribution in [0, 0.1) is 30.1 Å². The van der Waals surface area contributed by atoms with E-state index in [4.69, 9.17) is 26.1 Å². The predicted molar refractivity (Wildman–Crippen MR) is 271 cm³/mol. The summed E-state index contributed by atoms with van der Waals surface area (Å²) in [5.41, 5.74) is 7.13. The zero-order valence-electron chi connectivity index (χ0n) is 44.4. The number of nitrogens with two attached hydrogens (primary N) is 1. The summed E-state index contributed by atoms with van der Waals surface area (Å²) < 4.78 is 19.1. The number of rotatable bonds is 28. The van der Waals surface area contributed by atoms with E-state index in [1.807, 2.05) is 34.6 Å². The van der Waals surface area contributed by atoms with Crippen molar-refractivity contribution in [2.24, 2.45) is 23.5 Å². The van der Waals surface area contributed by atoms with E-state index in [0.717, 1.165) is 10.5 Å². The lowest BCUT2D eigenvalue weighted by atomic mass is 9.91. The number of unbranched alkanes of at least 4 members (excludes halogenated alkanes) is 1. The van der Waals surface area contributed by atoms with Crippen molar-refractivity contribution in [1.29, 1.82) is 0 Å². The second-order valence-electron chi connectivity index (χ2n) is 20.5. The Bertz CT molecular complexity index is 1950. The van der Waals surface area contributed by atoms with Crippen LogP contribution in [0.5, 0.6) is 0 Å². The first kappa shape index (κ1) is 62.0. The largest absolute Gasteiger partial charge is 0.480 e. The summed E-state index contributed by atoms with van der Waals surface area (Å²) in [7, 11) is 1.90. The molecule has 1 rings (SSSR count). The summed E-state index contributed by atoms with van der Waals surface area (Å²) in [6.45, 7) is 24.1. The Labute approximate surface area is 413 Å². The highest BCUT2D eigenvalue weighted by Crippen LogP contribution is 2.39. The van der Waals surface area contributed by atoms with Gasteiger partial charge in [0.15, 0.2) is 14.4 Å². The fourth-order valence-corrected chi connectivity index (χ4v) is 8.60. The van der Waals surface area contributed by atoms with Crippen LogP contribution in [0.25, 0.3) is 0 Å². The number of benzene rings is 1. The van der Waals surface area contributed by atoms with Crippen LogP contribution in [0.1, 0.15) is 120 Å². The molecule has 4 amide bonds. The van der Waals surface area contributed by atoms with Crippen molar-refractivity contribution < 1.29 is 52.6 Å². The summed E-state index contributed by atoms with van der Waals surface area (Å²) >= 11 is 0. The monoisotopic (exact) mass is 984 g/mol. The van der Waals surface area contributed by atoms with Crippen molar-refractivity contribution in [1.82, 2.24) is 20.0 Å². The van der Waals surface area contributed by atoms with E-state index in [1.165, 1.54) is 44.8 Å². The van der Waals surface area contributed by atoms with Crippen molar-refractivity contribution in [3.05, 3.63) is 47.5 Å². The van der Waals surface area contributed by atoms with Gasteiger partial charge in [-0.25, -0.2) is 9.59 Å². The molecule has 0 heterocycles. The van der Waals surface area contributed by atoms with Gasteiger partial charge in [0.25, 0.3) is 5.91 Å². The Morgan fingerprint density at radius 2 is 1.49 bits per heavy atom. The third-order valence-corrected chi connectivity index (χ3v) is 17.9. The number of amides is 4. The molecule has 1 aromatic carbocycles. The van der Waals surface area contributed by atoms with Gasteiger partial charge < -0.3 is 44.8 Å². The maximum atomic E-state index is 14.0. The third-order valence-electron chi connectivity index (χ3n) is 13.4. The van der Waals surface area contributed by atoms with Gasteiger partial charge in [-0.1, -0.05) is 98.2 Å². The van der Waals surface area contributed by atoms with E-state index in [2.05, 4.69) is 45.1 Å². The molecule has 0 unspecified atom stereocenters. The lowest BCUT2D eigenvalue weighted by Gasteiger charge is -2.42. The van der Waals surface area contributed by atoms with Crippen LogP contribution in [0.2, 0.25) is 18.1 Å². The number of hydrogen-bond donors (Lipinski definition) is 3. The van der Waals surface area contributed by atoms with Gasteiger partial charge >= 0.3 is 17.9 Å². The molecule has 0 radical (unpaired) electrons. The smallest absolute Gasteiger partial charge is 0.334 e. The standard InChI is InChI=1S/C52H85N5O11Si/c1-18-20-22-27-42(68-69(16,17)52(10,11)12)36(7)41(66-51(65)38(9)56(14)49(63)45(53)34(5)19-2)29-28-35(6)50(64)67-43(30-33(3)4)46(60)54-37(8)47(61)57(15)40(31-39-25-23-21-24-26-39)48(62)55(13)32-44(58)59/h1,21,23-26,28,33-34,36-38,40-43,45H,19-20,22,27,29-32,53H2,2-17H3,(H,54,60)(H,58,59)/b35-28+/t34-,36+,37+,38+,40-,41+,42-,43-,45-/m1/s1. The average molecular weight is 984 g/mol. The number of hydrogen-bond acceptors (Lipinski definition) is 11. The van der Waals surface area contributed by atoms with E-state index in [0.29, 0.717) is 25.7 Å². The molecule has 0 aromatic heterocycles. The number of aliphatic carboxylic acids is 1. The number of carbonyl (C=O) groups is 7. The SMILES string of the molecule is C#CCCC[C@@H](O[Si](C)(C)C(C)(C)C)[C@@H](C)[C@H](C/C=C(\C)C(=O)O[C@H](CC(C)C)C(=O)N[C@@H](C)C(=O)N(C)[C@H](Cc1ccccc1)C(=O)N(C)CC(=O)O)OC(=O)[C@H](C)N(C)C(=O)[C@H](N)[C@H](C)CC. The number of carboxylic acid groups (broad SMARTS) is 1. The Hall–Kier alpha value is -5.05. The second-order valence-corrected chi connectivity index (χ2v) is 25.3. The van der Waals surface area contributed by atoms with Crippen LogP contribution in [-0.2, 0) is 53.9 Å². The number of likely N-dealkylation sites (N-methyl/N-ethyl adjacent to an activating group) is 3. The Morgan fingerprint density at radius 1 is 0.899 bits per heavy atom. The fraction of sp³-hybridized carbons (Fsp3) is 0.673. The molecule has 69 heavy (non-hydrogen) atoms. The highest BCUT2D eigenvalue weighted by atomic mass is 28.4. The van der Waals surface area contributed by atoms with Gasteiger partial charge in [0, 0.05) is 51.9 Å². The molecule has 0 aliphatic carbocycles. The molecule has 4 N–H and O–H groups in total. The van der Waals surface area contributed by atoms with E-state index in [-0.39, 0.29) is 53.7 Å². The lowest BCUT2D eigenvalue weighted by Crippen LogP contribution is -2.56. The molecule has 0 aliphatic rings. The maximum absolute atomic E-state index is 14.0. The van der Waals surface area contributed by atoms with E-state index in [1.54, 1.807) is 43.3 Å². The van der Waals surface area contributed by atoms with Crippen LogP contribution < -0.4 is 11.1 Å². The molecular formula is C52H85N5O11Si. The number of nitrogens with zero attached hydrogens (tertiary/aromatic N) is 3. The summed E-state index contributed by atoms with van der Waals surface area (Å²) in [6, 6.07) is 4.88. The van der Waals surface area contributed by atoms with Crippen LogP contribution in [-0.4, -0.2) is 140 Å². The minimum atomic E-state index is -2.37. The van der Waals surface area contributed by atoms with Crippen LogP contribution >= 0.6 is 0 Å². The molecule has 1 aromatic rings. The second kappa shape index (κ2) is 28.6. The molecule has 0 bridgehead atoms. The van der Waals surface area contributed by atoms with Crippen molar-refractivity contribution in [3.63, 3.8) is 0 Å². The quantitative estimate of drug-likeness (QED) is 0.0275. The van der Waals surface area contributed by atoms with E-state index >= 15 is 0 Å². The maximum Gasteiger partial charge on any atom is 0.334 e. The highest BCUT2D eigenvalue weighted by molar-refractivity contribution is 6.74. The van der Waals surface area contributed by atoms with Crippen molar-refractivity contribution >= 4 is 49.9 Å². The Balaban J connectivity index is 3.53. The fourth-order valence-electron chi connectivity index (χ4n) is 7.15. The number of esters is 2. The van der Waals surface area contributed by atoms with Gasteiger partial charge in [0.1, 0.15) is 30.8 Å². The number of ether oxygens (including phenoxy) is 2. The van der Waals surface area contributed by atoms with E-state index < -0.39 is 92.8 Å². The normalized spacial score (nSPS) is 16.0. The molecule has 9 atom stereocenters. The van der Waals surface area contributed by atoms with Gasteiger partial charge in [-0.2, -0.15) is 0 Å². The molecule has 388 valence electrons. The molecule has 0 saturated carbocycles. The first-order valence-corrected chi connectivity index (χ1v) is 27.1. The molecule has 0 fully saturated rings. The van der Waals surface area contributed by atoms with Crippen LogP contribution in [0.15, 0.2) is 42.0 Å². The summed E-state index contributed by atoms with van der Waals surface area (Å²) in [5.74, 6) is -2.97. The van der Waals surface area contributed by atoms with Gasteiger partial charge in [0.2, 0.25) is 17.7 Å². The van der Waals surface area contributed by atoms with Crippen LogP contribution in [0.4, 0.5) is 0 Å². The number of carboxylic acids is 1. The first-order valence-electron chi connectivity index (χ1n) is 24.2. The average Bonchev–Trinajstić information content (AvgIpc) is 3.28. The first-order chi connectivity index (χ1) is 31.9. The molecule has 0 spiro atoms. The predicted octanol–water partition coefficient (Wildman–Crippen LogP) is 6.36. The summed E-state index contributed by atoms with van der Waals surface area (Å²) in [4.78, 5) is 97.4. The number of nitrogens with one attached hydrogen (secondary N) is 1. The van der Waals surface area contributed by atoms with E-state index in [9.17, 15) is 38.7 Å². The van der Waals surface area contributed by atoms with Gasteiger partial charge in [-0.05, 0) is 75.6 Å². The van der Waals surface area contributed by atoms with Gasteiger partial charge in [-0.15, -0.1) is 12.3 Å². The van der Waals surface area contributed by atoms with Crippen LogP contribution in [0.3, 0.4) is 0 Å². The van der Waals surface area contributed by atoms with Crippen molar-refractivity contribution in [2.45, 2.75) is 182 Å². The van der Waals surface area contributed by atoms with Crippen molar-refractivity contribution in [3.8, 4) is 12.3 Å². The molecule has 17 heteroatoms. The molecular weight excluding hydrogens is 899 g/mol. The molecule has 0 saturated heterocycles. The lowest BCUT2D eigenvalue weighted by molar-refractivity contribution is -0.162. The zero-order chi connectivity index (χ0) is 53.1. The number of carbonyl (C=O) groups excluding carboxylic acids is 6. The highest BCUT2D eigenvalue weighted by Gasteiger charge is 2.42. The third kappa shape index (κ3) is 19.7. The summed E-state index contributed by atoms with van der Waals surface area (Å²) in [5, 5.41) is 11.9. The Kier molecular flexibility index (Phi) is 25.7. The van der Waals surface area contributed by atoms with Gasteiger partial charge in [-0.3, -0.25) is 24.0 Å².